The second kappa shape index (κ2) is 8.47. The van der Waals surface area contributed by atoms with Crippen molar-refractivity contribution >= 4 is 0 Å². The van der Waals surface area contributed by atoms with Gasteiger partial charge in [0.2, 0.25) is 0 Å². The number of methoxy groups -OCH3 is 1. The lowest BCUT2D eigenvalue weighted by Crippen LogP contribution is -2.50. The molecule has 1 N–H and O–H groups in total. The molecule has 4 nitrogen and oxygen atoms in total. The molecule has 2 rings (SSSR count). The molecule has 0 bridgehead atoms. The van der Waals surface area contributed by atoms with Crippen LogP contribution in [0.4, 0.5) is 0 Å². The van der Waals surface area contributed by atoms with Gasteiger partial charge in [0.05, 0.1) is 13.2 Å². The molecule has 1 atom stereocenters. The van der Waals surface area contributed by atoms with Gasteiger partial charge in [0.1, 0.15) is 0 Å². The molecule has 0 aromatic heterocycles. The van der Waals surface area contributed by atoms with E-state index in [2.05, 4.69) is 24.1 Å². The van der Waals surface area contributed by atoms with E-state index in [0.29, 0.717) is 11.3 Å². The topological polar surface area (TPSA) is 33.7 Å². The second-order valence-electron chi connectivity index (χ2n) is 7.43. The highest BCUT2D eigenvalue weighted by atomic mass is 16.5. The van der Waals surface area contributed by atoms with Crippen LogP contribution in [-0.2, 0) is 9.47 Å². The monoisotopic (exact) mass is 298 g/mol. The lowest BCUT2D eigenvalue weighted by molar-refractivity contribution is -0.0306. The predicted octanol–water partition coefficient (Wildman–Crippen LogP) is 2.14. The molecule has 2 aliphatic rings. The van der Waals surface area contributed by atoms with Crippen molar-refractivity contribution in [2.24, 2.45) is 11.3 Å². The van der Waals surface area contributed by atoms with Crippen molar-refractivity contribution in [3.05, 3.63) is 0 Å². The van der Waals surface area contributed by atoms with Gasteiger partial charge in [-0.1, -0.05) is 13.8 Å². The molecule has 4 heteroatoms. The predicted molar refractivity (Wildman–Crippen MR) is 86.7 cm³/mol. The Morgan fingerprint density at radius 3 is 2.76 bits per heavy atom. The number of nitrogens with one attached hydrogen (secondary N) is 1. The summed E-state index contributed by atoms with van der Waals surface area (Å²) in [4.78, 5) is 2.58. The van der Waals surface area contributed by atoms with Crippen LogP contribution in [0.3, 0.4) is 0 Å². The normalized spacial score (nSPS) is 26.7. The van der Waals surface area contributed by atoms with Gasteiger partial charge in [0, 0.05) is 51.4 Å². The Balaban J connectivity index is 1.91. The van der Waals surface area contributed by atoms with Gasteiger partial charge in [-0.25, -0.2) is 0 Å². The molecular weight excluding hydrogens is 264 g/mol. The molecule has 1 aliphatic carbocycles. The zero-order valence-electron chi connectivity index (χ0n) is 14.2. The van der Waals surface area contributed by atoms with Crippen LogP contribution in [0.15, 0.2) is 0 Å². The molecular formula is C17H34N2O2. The molecule has 1 saturated carbocycles. The maximum atomic E-state index is 5.85. The van der Waals surface area contributed by atoms with E-state index in [1.807, 2.05) is 0 Å². The van der Waals surface area contributed by atoms with Crippen LogP contribution < -0.4 is 5.32 Å². The third-order valence-corrected chi connectivity index (χ3v) is 4.54. The Labute approximate surface area is 130 Å². The number of nitrogens with zero attached hydrogens (tertiary/aromatic N) is 1. The van der Waals surface area contributed by atoms with E-state index in [1.165, 1.54) is 25.7 Å². The maximum Gasteiger partial charge on any atom is 0.0589 e. The summed E-state index contributed by atoms with van der Waals surface area (Å²) in [6.07, 6.45) is 5.20. The van der Waals surface area contributed by atoms with Crippen LogP contribution in [-0.4, -0.2) is 64.1 Å². The minimum atomic E-state index is 0.295. The smallest absolute Gasteiger partial charge is 0.0589 e. The average Bonchev–Trinajstić information content (AvgIpc) is 3.27. The Bertz CT molecular complexity index is 287. The van der Waals surface area contributed by atoms with Crippen molar-refractivity contribution < 1.29 is 9.47 Å². The van der Waals surface area contributed by atoms with Crippen molar-refractivity contribution in [3.63, 3.8) is 0 Å². The molecule has 0 radical (unpaired) electrons. The number of hydrogen-bond acceptors (Lipinski definition) is 4. The third-order valence-electron chi connectivity index (χ3n) is 4.54. The Morgan fingerprint density at radius 1 is 1.38 bits per heavy atom. The summed E-state index contributed by atoms with van der Waals surface area (Å²) in [5.74, 6) is 0.694. The summed E-state index contributed by atoms with van der Waals surface area (Å²) in [6, 6.07) is 0.779. The summed E-state index contributed by atoms with van der Waals surface area (Å²) in [5.41, 5.74) is 0.295. The molecule has 0 spiro atoms. The molecule has 21 heavy (non-hydrogen) atoms. The zero-order valence-corrected chi connectivity index (χ0v) is 14.2. The highest BCUT2D eigenvalue weighted by Crippen LogP contribution is 2.31. The van der Waals surface area contributed by atoms with E-state index < -0.39 is 0 Å². The van der Waals surface area contributed by atoms with E-state index in [-0.39, 0.29) is 0 Å². The summed E-state index contributed by atoms with van der Waals surface area (Å²) in [7, 11) is 1.79. The van der Waals surface area contributed by atoms with Gasteiger partial charge in [0.15, 0.2) is 0 Å². The van der Waals surface area contributed by atoms with Gasteiger partial charge >= 0.3 is 0 Å². The molecule has 124 valence electrons. The van der Waals surface area contributed by atoms with Crippen LogP contribution in [0.25, 0.3) is 0 Å². The van der Waals surface area contributed by atoms with E-state index >= 15 is 0 Å². The summed E-state index contributed by atoms with van der Waals surface area (Å²) >= 11 is 0. The van der Waals surface area contributed by atoms with Gasteiger partial charge in [-0.2, -0.15) is 0 Å². The summed E-state index contributed by atoms with van der Waals surface area (Å²) < 4.78 is 11.1. The molecule has 0 aromatic carbocycles. The van der Waals surface area contributed by atoms with Gasteiger partial charge in [-0.05, 0) is 31.6 Å². The van der Waals surface area contributed by atoms with Crippen LogP contribution in [0.2, 0.25) is 0 Å². The highest BCUT2D eigenvalue weighted by molar-refractivity contribution is 4.91. The first-order valence-corrected chi connectivity index (χ1v) is 8.66. The highest BCUT2D eigenvalue weighted by Gasteiger charge is 2.36. The average molecular weight is 298 g/mol. The van der Waals surface area contributed by atoms with Gasteiger partial charge in [-0.3, -0.25) is 0 Å². The standard InChI is InChI=1S/C17H34N2O2/c1-15(2)11-19(8-10-20-3)13-17(7-4-9-21-14-17)12-18-16-5-6-16/h15-16,18H,4-14H2,1-3H3. The van der Waals surface area contributed by atoms with Crippen molar-refractivity contribution in [1.82, 2.24) is 10.2 Å². The van der Waals surface area contributed by atoms with Crippen molar-refractivity contribution in [2.45, 2.75) is 45.6 Å². The molecule has 1 aliphatic heterocycles. The SMILES string of the molecule is COCCN(CC(C)C)CC1(CNC2CC2)CCCOC1. The van der Waals surface area contributed by atoms with Gasteiger partial charge < -0.3 is 19.7 Å². The van der Waals surface area contributed by atoms with Crippen LogP contribution in [0.1, 0.15) is 39.5 Å². The molecule has 1 saturated heterocycles. The fourth-order valence-electron chi connectivity index (χ4n) is 3.32. The molecule has 1 unspecified atom stereocenters. The van der Waals surface area contributed by atoms with Crippen LogP contribution in [0, 0.1) is 11.3 Å². The molecule has 0 aromatic rings. The van der Waals surface area contributed by atoms with E-state index in [0.717, 1.165) is 52.0 Å². The quantitative estimate of drug-likeness (QED) is 0.670. The number of rotatable bonds is 10. The first-order valence-electron chi connectivity index (χ1n) is 8.66. The fourth-order valence-corrected chi connectivity index (χ4v) is 3.32. The second-order valence-corrected chi connectivity index (χ2v) is 7.43. The first kappa shape index (κ1) is 17.2. The lowest BCUT2D eigenvalue weighted by Gasteiger charge is -2.41. The molecule has 2 fully saturated rings. The Hall–Kier alpha value is -0.160. The van der Waals surface area contributed by atoms with Crippen LogP contribution >= 0.6 is 0 Å². The first-order chi connectivity index (χ1) is 10.1. The van der Waals surface area contributed by atoms with E-state index in [1.54, 1.807) is 7.11 Å². The Morgan fingerprint density at radius 2 is 2.19 bits per heavy atom. The van der Waals surface area contributed by atoms with Gasteiger partial charge in [0.25, 0.3) is 0 Å². The maximum absolute atomic E-state index is 5.85. The third kappa shape index (κ3) is 6.23. The lowest BCUT2D eigenvalue weighted by atomic mass is 9.81. The largest absolute Gasteiger partial charge is 0.383 e. The summed E-state index contributed by atoms with van der Waals surface area (Å²) in [6.45, 7) is 11.7. The van der Waals surface area contributed by atoms with Crippen LogP contribution in [0.5, 0.6) is 0 Å². The van der Waals surface area contributed by atoms with Crippen molar-refractivity contribution in [3.8, 4) is 0 Å². The van der Waals surface area contributed by atoms with Crippen molar-refractivity contribution in [2.75, 3.05) is 53.1 Å². The number of ether oxygens (including phenoxy) is 2. The summed E-state index contributed by atoms with van der Waals surface area (Å²) in [5, 5.41) is 3.74. The minimum Gasteiger partial charge on any atom is -0.383 e. The Kier molecular flexibility index (Phi) is 6.93. The minimum absolute atomic E-state index is 0.295. The molecule has 0 amide bonds. The zero-order chi connectivity index (χ0) is 15.1. The molecule has 1 heterocycles. The fraction of sp³-hybridized carbons (Fsp3) is 1.00. The van der Waals surface area contributed by atoms with Crippen molar-refractivity contribution in [1.29, 1.82) is 0 Å². The van der Waals surface area contributed by atoms with E-state index in [4.69, 9.17) is 9.47 Å². The number of hydrogen-bond donors (Lipinski definition) is 1. The van der Waals surface area contributed by atoms with E-state index in [9.17, 15) is 0 Å². The van der Waals surface area contributed by atoms with Gasteiger partial charge in [-0.15, -0.1) is 0 Å².